The van der Waals surface area contributed by atoms with E-state index in [1.54, 1.807) is 0 Å². The van der Waals surface area contributed by atoms with E-state index in [1.165, 1.54) is 18.9 Å². The van der Waals surface area contributed by atoms with Crippen LogP contribution in [0.1, 0.15) is 46.0 Å². The lowest BCUT2D eigenvalue weighted by Gasteiger charge is -2.22. The van der Waals surface area contributed by atoms with Gasteiger partial charge in [-0.3, -0.25) is 0 Å². The molecular formula is C15H28O4. The smallest absolute Gasteiger partial charge is 0.330 e. The van der Waals surface area contributed by atoms with Crippen LogP contribution in [0.3, 0.4) is 0 Å². The van der Waals surface area contributed by atoms with Gasteiger partial charge < -0.3 is 14.6 Å². The highest BCUT2D eigenvalue weighted by Gasteiger charge is 2.18. The van der Waals surface area contributed by atoms with Crippen molar-refractivity contribution in [2.75, 3.05) is 19.8 Å². The van der Waals surface area contributed by atoms with Gasteiger partial charge in [-0.05, 0) is 12.3 Å². The molecular weight excluding hydrogens is 244 g/mol. The fourth-order valence-electron chi connectivity index (χ4n) is 2.00. The lowest BCUT2D eigenvalue weighted by atomic mass is 9.93. The summed E-state index contributed by atoms with van der Waals surface area (Å²) in [5, 5.41) is 8.70. The van der Waals surface area contributed by atoms with E-state index in [4.69, 9.17) is 14.6 Å². The van der Waals surface area contributed by atoms with E-state index in [-0.39, 0.29) is 19.3 Å². The molecule has 4 nitrogen and oxygen atoms in total. The lowest BCUT2D eigenvalue weighted by molar-refractivity contribution is -0.147. The molecule has 0 fully saturated rings. The van der Waals surface area contributed by atoms with Gasteiger partial charge >= 0.3 is 5.97 Å². The van der Waals surface area contributed by atoms with Crippen LogP contribution in [-0.2, 0) is 14.3 Å². The number of ether oxygens (including phenoxy) is 2. The number of carbonyl (C=O) groups excluding carboxylic acids is 1. The molecule has 4 heteroatoms. The van der Waals surface area contributed by atoms with Crippen molar-refractivity contribution in [1.82, 2.24) is 0 Å². The van der Waals surface area contributed by atoms with Crippen LogP contribution in [0.4, 0.5) is 0 Å². The summed E-state index contributed by atoms with van der Waals surface area (Å²) in [7, 11) is 0. The molecule has 0 heterocycles. The Morgan fingerprint density at radius 3 is 2.68 bits per heavy atom. The van der Waals surface area contributed by atoms with Crippen molar-refractivity contribution in [2.45, 2.75) is 52.1 Å². The van der Waals surface area contributed by atoms with Crippen molar-refractivity contribution in [3.05, 3.63) is 12.7 Å². The summed E-state index contributed by atoms with van der Waals surface area (Å²) in [5.41, 5.74) is 0. The van der Waals surface area contributed by atoms with Gasteiger partial charge in [-0.15, -0.1) is 0 Å². The maximum atomic E-state index is 11.3. The Labute approximate surface area is 116 Å². The third-order valence-corrected chi connectivity index (χ3v) is 3.13. The number of esters is 1. The zero-order valence-corrected chi connectivity index (χ0v) is 12.3. The number of rotatable bonds is 12. The van der Waals surface area contributed by atoms with Crippen molar-refractivity contribution in [1.29, 1.82) is 0 Å². The van der Waals surface area contributed by atoms with E-state index in [0.717, 1.165) is 19.3 Å². The third kappa shape index (κ3) is 9.68. The van der Waals surface area contributed by atoms with Gasteiger partial charge in [-0.2, -0.15) is 0 Å². The zero-order valence-electron chi connectivity index (χ0n) is 12.3. The molecule has 0 bridgehead atoms. The van der Waals surface area contributed by atoms with Crippen LogP contribution >= 0.6 is 0 Å². The standard InChI is InChI=1S/C15H28O4/c1-4-7-8-13(5-2)11-14(12-18-10-9-16)19-15(17)6-3/h6,13-14,16H,3-5,7-12H2,1-2H3. The Bertz CT molecular complexity index is 240. The van der Waals surface area contributed by atoms with Gasteiger partial charge in [-0.1, -0.05) is 46.1 Å². The van der Waals surface area contributed by atoms with E-state index >= 15 is 0 Å². The Morgan fingerprint density at radius 1 is 1.42 bits per heavy atom. The molecule has 0 saturated heterocycles. The third-order valence-electron chi connectivity index (χ3n) is 3.13. The molecule has 0 aliphatic rings. The zero-order chi connectivity index (χ0) is 14.5. The largest absolute Gasteiger partial charge is 0.457 e. The second-order valence-corrected chi connectivity index (χ2v) is 4.71. The molecule has 2 atom stereocenters. The molecule has 112 valence electrons. The van der Waals surface area contributed by atoms with Crippen LogP contribution in [0, 0.1) is 5.92 Å². The van der Waals surface area contributed by atoms with E-state index in [0.29, 0.717) is 12.5 Å². The van der Waals surface area contributed by atoms with Crippen LogP contribution in [0.15, 0.2) is 12.7 Å². The minimum Gasteiger partial charge on any atom is -0.457 e. The second kappa shape index (κ2) is 12.2. The summed E-state index contributed by atoms with van der Waals surface area (Å²) in [6, 6.07) is 0. The quantitative estimate of drug-likeness (QED) is 0.337. The number of carbonyl (C=O) groups is 1. The number of aliphatic hydroxyl groups excluding tert-OH is 1. The molecule has 2 unspecified atom stereocenters. The summed E-state index contributed by atoms with van der Waals surface area (Å²) >= 11 is 0. The molecule has 0 amide bonds. The monoisotopic (exact) mass is 272 g/mol. The molecule has 0 radical (unpaired) electrons. The van der Waals surface area contributed by atoms with Gasteiger partial charge in [0.15, 0.2) is 0 Å². The van der Waals surface area contributed by atoms with Crippen LogP contribution in [-0.4, -0.2) is 37.0 Å². The summed E-state index contributed by atoms with van der Waals surface area (Å²) in [6.07, 6.45) is 6.32. The first-order valence-corrected chi connectivity index (χ1v) is 7.19. The van der Waals surface area contributed by atoms with Gasteiger partial charge in [-0.25, -0.2) is 4.79 Å². The molecule has 0 spiro atoms. The summed E-state index contributed by atoms with van der Waals surface area (Å²) < 4.78 is 10.6. The highest BCUT2D eigenvalue weighted by Crippen LogP contribution is 2.20. The van der Waals surface area contributed by atoms with Crippen LogP contribution in [0.2, 0.25) is 0 Å². The summed E-state index contributed by atoms with van der Waals surface area (Å²) in [4.78, 5) is 11.3. The Balaban J connectivity index is 4.26. The number of unbranched alkanes of at least 4 members (excludes halogenated alkanes) is 1. The van der Waals surface area contributed by atoms with Crippen molar-refractivity contribution in [2.24, 2.45) is 5.92 Å². The van der Waals surface area contributed by atoms with Gasteiger partial charge in [0.1, 0.15) is 6.10 Å². The van der Waals surface area contributed by atoms with Crippen molar-refractivity contribution < 1.29 is 19.4 Å². The predicted octanol–water partition coefficient (Wildman–Crippen LogP) is 2.70. The molecule has 0 aromatic heterocycles. The first-order chi connectivity index (χ1) is 9.17. The highest BCUT2D eigenvalue weighted by molar-refractivity contribution is 5.81. The predicted molar refractivity (Wildman–Crippen MR) is 75.9 cm³/mol. The average Bonchev–Trinajstić information content (AvgIpc) is 2.43. The molecule has 0 aromatic rings. The topological polar surface area (TPSA) is 55.8 Å². The second-order valence-electron chi connectivity index (χ2n) is 4.71. The van der Waals surface area contributed by atoms with E-state index in [1.807, 2.05) is 0 Å². The van der Waals surface area contributed by atoms with Crippen LogP contribution in [0.25, 0.3) is 0 Å². The molecule has 0 rings (SSSR count). The van der Waals surface area contributed by atoms with Crippen LogP contribution < -0.4 is 0 Å². The molecule has 0 saturated carbocycles. The maximum Gasteiger partial charge on any atom is 0.330 e. The molecule has 0 aliphatic heterocycles. The molecule has 1 N–H and O–H groups in total. The van der Waals surface area contributed by atoms with E-state index in [2.05, 4.69) is 20.4 Å². The van der Waals surface area contributed by atoms with E-state index in [9.17, 15) is 4.79 Å². The molecule has 0 aromatic carbocycles. The Hall–Kier alpha value is -0.870. The Kier molecular flexibility index (Phi) is 11.6. The van der Waals surface area contributed by atoms with E-state index < -0.39 is 5.97 Å². The van der Waals surface area contributed by atoms with Gasteiger partial charge in [0.2, 0.25) is 0 Å². The number of hydrogen-bond donors (Lipinski definition) is 1. The number of aliphatic hydroxyl groups is 1. The van der Waals surface area contributed by atoms with Crippen molar-refractivity contribution in [3.8, 4) is 0 Å². The molecule has 19 heavy (non-hydrogen) atoms. The number of hydrogen-bond acceptors (Lipinski definition) is 4. The average molecular weight is 272 g/mol. The lowest BCUT2D eigenvalue weighted by Crippen LogP contribution is -2.26. The van der Waals surface area contributed by atoms with Crippen molar-refractivity contribution in [3.63, 3.8) is 0 Å². The fraction of sp³-hybridized carbons (Fsp3) is 0.800. The first kappa shape index (κ1) is 18.1. The van der Waals surface area contributed by atoms with Crippen molar-refractivity contribution >= 4 is 5.97 Å². The minimum atomic E-state index is -0.414. The molecule has 0 aliphatic carbocycles. The van der Waals surface area contributed by atoms with Gasteiger partial charge in [0, 0.05) is 6.08 Å². The van der Waals surface area contributed by atoms with Crippen LogP contribution in [0.5, 0.6) is 0 Å². The highest BCUT2D eigenvalue weighted by atomic mass is 16.6. The minimum absolute atomic E-state index is 0.0187. The SMILES string of the molecule is C=CC(=O)OC(COCCO)CC(CC)CCCC. The van der Waals surface area contributed by atoms with Gasteiger partial charge in [0.05, 0.1) is 19.8 Å². The fourth-order valence-corrected chi connectivity index (χ4v) is 2.00. The Morgan fingerprint density at radius 2 is 2.16 bits per heavy atom. The normalized spacial score (nSPS) is 13.8. The van der Waals surface area contributed by atoms with Gasteiger partial charge in [0.25, 0.3) is 0 Å². The maximum absolute atomic E-state index is 11.3. The summed E-state index contributed by atoms with van der Waals surface area (Å²) in [5.74, 6) is 0.128. The first-order valence-electron chi connectivity index (χ1n) is 7.19. The summed E-state index contributed by atoms with van der Waals surface area (Å²) in [6.45, 7) is 8.32.